The van der Waals surface area contributed by atoms with Crippen LogP contribution in [0.4, 0.5) is 18.9 Å². The molecule has 1 amide bonds. The highest BCUT2D eigenvalue weighted by molar-refractivity contribution is 6.05. The molecule has 3 aromatic rings. The quantitative estimate of drug-likeness (QED) is 0.529. The van der Waals surface area contributed by atoms with Crippen molar-refractivity contribution in [2.24, 2.45) is 0 Å². The lowest BCUT2D eigenvalue weighted by atomic mass is 10.1. The van der Waals surface area contributed by atoms with Crippen molar-refractivity contribution in [2.45, 2.75) is 25.9 Å². The van der Waals surface area contributed by atoms with Gasteiger partial charge in [-0.2, -0.15) is 18.3 Å². The predicted molar refractivity (Wildman–Crippen MR) is 112 cm³/mol. The summed E-state index contributed by atoms with van der Waals surface area (Å²) >= 11 is 0. The van der Waals surface area contributed by atoms with Crippen LogP contribution in [-0.4, -0.2) is 40.4 Å². The number of alkyl halides is 3. The highest BCUT2D eigenvalue weighted by atomic mass is 19.4. The monoisotopic (exact) mass is 462 g/mol. The van der Waals surface area contributed by atoms with Gasteiger partial charge in [-0.05, 0) is 30.2 Å². The first kappa shape index (κ1) is 23.8. The van der Waals surface area contributed by atoms with Crippen LogP contribution in [0, 0.1) is 0 Å². The van der Waals surface area contributed by atoms with Gasteiger partial charge in [0, 0.05) is 18.0 Å². The van der Waals surface area contributed by atoms with E-state index in [0.717, 1.165) is 12.3 Å². The van der Waals surface area contributed by atoms with E-state index in [4.69, 9.17) is 4.74 Å². The molecule has 0 saturated carbocycles. The molecule has 0 atom stereocenters. The van der Waals surface area contributed by atoms with Gasteiger partial charge in [-0.15, -0.1) is 0 Å². The minimum absolute atomic E-state index is 0.156. The van der Waals surface area contributed by atoms with Gasteiger partial charge in [0.1, 0.15) is 5.75 Å². The number of ether oxygens (including phenoxy) is 2. The maximum atomic E-state index is 12.9. The fraction of sp³-hybridized carbons (Fsp3) is 0.273. The number of rotatable bonds is 7. The van der Waals surface area contributed by atoms with Crippen LogP contribution in [0.1, 0.15) is 41.4 Å². The fourth-order valence-corrected chi connectivity index (χ4v) is 3.01. The average molecular weight is 462 g/mol. The molecule has 0 bridgehead atoms. The number of nitrogens with zero attached hydrogens (tertiary/aromatic N) is 3. The summed E-state index contributed by atoms with van der Waals surface area (Å²) in [6.45, 7) is 3.38. The van der Waals surface area contributed by atoms with Gasteiger partial charge in [0.25, 0.3) is 5.91 Å². The molecule has 0 aliphatic carbocycles. The molecule has 3 rings (SSSR count). The number of methoxy groups -OCH3 is 1. The maximum Gasteiger partial charge on any atom is 0.417 e. The molecular weight excluding hydrogens is 441 g/mol. The summed E-state index contributed by atoms with van der Waals surface area (Å²) in [7, 11) is 1.25. The van der Waals surface area contributed by atoms with Crippen molar-refractivity contribution in [3.8, 4) is 11.6 Å². The summed E-state index contributed by atoms with van der Waals surface area (Å²) in [6, 6.07) is 8.55. The van der Waals surface area contributed by atoms with Crippen molar-refractivity contribution in [1.29, 1.82) is 0 Å². The molecular formula is C22H21F3N4O4. The summed E-state index contributed by atoms with van der Waals surface area (Å²) in [5.41, 5.74) is 0.264. The molecule has 1 N–H and O–H groups in total. The Bertz CT molecular complexity index is 1140. The van der Waals surface area contributed by atoms with Crippen LogP contribution in [0.25, 0.3) is 5.82 Å². The Morgan fingerprint density at radius 2 is 1.91 bits per heavy atom. The van der Waals surface area contributed by atoms with Gasteiger partial charge >= 0.3 is 12.1 Å². The van der Waals surface area contributed by atoms with E-state index in [2.05, 4.69) is 20.1 Å². The molecule has 0 spiro atoms. The topological polar surface area (TPSA) is 95.3 Å². The van der Waals surface area contributed by atoms with Gasteiger partial charge in [-0.1, -0.05) is 19.9 Å². The van der Waals surface area contributed by atoms with Crippen LogP contribution in [0.15, 0.2) is 48.8 Å². The lowest BCUT2D eigenvalue weighted by molar-refractivity contribution is -0.143. The minimum Gasteiger partial charge on any atom is -0.482 e. The summed E-state index contributed by atoms with van der Waals surface area (Å²) in [5, 5.41) is 6.91. The molecule has 33 heavy (non-hydrogen) atoms. The Balaban J connectivity index is 1.83. The van der Waals surface area contributed by atoms with Crippen molar-refractivity contribution in [3.05, 3.63) is 65.6 Å². The third-order valence-corrected chi connectivity index (χ3v) is 4.57. The summed E-state index contributed by atoms with van der Waals surface area (Å²) < 4.78 is 49.7. The molecule has 1 aromatic carbocycles. The van der Waals surface area contributed by atoms with Gasteiger partial charge in [-0.3, -0.25) is 4.79 Å². The number of pyridine rings is 1. The highest BCUT2D eigenvalue weighted by Crippen LogP contribution is 2.30. The summed E-state index contributed by atoms with van der Waals surface area (Å²) in [6.07, 6.45) is -2.45. The lowest BCUT2D eigenvalue weighted by Gasteiger charge is -2.13. The van der Waals surface area contributed by atoms with Crippen LogP contribution < -0.4 is 10.1 Å². The number of carbonyl (C=O) groups is 2. The number of aromatic nitrogens is 3. The first-order valence-corrected chi connectivity index (χ1v) is 9.82. The number of nitrogens with one attached hydrogen (secondary N) is 1. The number of hydrogen-bond donors (Lipinski definition) is 1. The largest absolute Gasteiger partial charge is 0.482 e. The first-order valence-electron chi connectivity index (χ1n) is 9.82. The lowest BCUT2D eigenvalue weighted by Crippen LogP contribution is -2.16. The Morgan fingerprint density at radius 1 is 1.15 bits per heavy atom. The smallest absolute Gasteiger partial charge is 0.417 e. The van der Waals surface area contributed by atoms with E-state index < -0.39 is 23.6 Å². The average Bonchev–Trinajstić information content (AvgIpc) is 3.23. The first-order chi connectivity index (χ1) is 15.6. The van der Waals surface area contributed by atoms with E-state index in [0.29, 0.717) is 17.1 Å². The molecule has 0 unspecified atom stereocenters. The second kappa shape index (κ2) is 9.72. The number of esters is 1. The molecule has 2 heterocycles. The minimum atomic E-state index is -4.50. The van der Waals surface area contributed by atoms with E-state index >= 15 is 0 Å². The van der Waals surface area contributed by atoms with Crippen LogP contribution in [0.3, 0.4) is 0 Å². The highest BCUT2D eigenvalue weighted by Gasteiger charge is 2.31. The number of hydrogen-bond acceptors (Lipinski definition) is 6. The van der Waals surface area contributed by atoms with Gasteiger partial charge in [0.2, 0.25) is 0 Å². The van der Waals surface area contributed by atoms with Gasteiger partial charge < -0.3 is 14.8 Å². The predicted octanol–water partition coefficient (Wildman–Crippen LogP) is 4.21. The number of anilines is 1. The molecule has 0 fully saturated rings. The van der Waals surface area contributed by atoms with Crippen LogP contribution in [-0.2, 0) is 15.7 Å². The Labute approximate surface area is 187 Å². The Kier molecular flexibility index (Phi) is 7.00. The zero-order chi connectivity index (χ0) is 24.2. The van der Waals surface area contributed by atoms with E-state index in [-0.39, 0.29) is 23.9 Å². The van der Waals surface area contributed by atoms with E-state index in [1.165, 1.54) is 30.1 Å². The summed E-state index contributed by atoms with van der Waals surface area (Å²) in [5.74, 6) is -0.694. The molecule has 174 valence electrons. The number of halogens is 3. The molecule has 0 saturated heterocycles. The van der Waals surface area contributed by atoms with Crippen molar-refractivity contribution in [1.82, 2.24) is 14.8 Å². The number of carbonyl (C=O) groups excluding carboxylic acids is 2. The van der Waals surface area contributed by atoms with Crippen LogP contribution in [0.2, 0.25) is 0 Å². The van der Waals surface area contributed by atoms with Crippen molar-refractivity contribution in [2.75, 3.05) is 19.0 Å². The van der Waals surface area contributed by atoms with Crippen molar-refractivity contribution >= 4 is 17.6 Å². The number of amides is 1. The Hall–Kier alpha value is -3.89. The SMILES string of the molecule is COC(=O)COc1cccc(NC(=O)c2cnn(-c3ccc(C(F)(F)F)cn3)c2C(C)C)c1. The van der Waals surface area contributed by atoms with Gasteiger partial charge in [0.15, 0.2) is 12.4 Å². The normalized spacial score (nSPS) is 11.4. The maximum absolute atomic E-state index is 12.9. The standard InChI is InChI=1S/C22H21F3N4O4/c1-13(2)20-17(11-27-29(20)18-8-7-14(10-26-18)22(23,24)25)21(31)28-15-5-4-6-16(9-15)33-12-19(30)32-3/h4-11,13H,12H2,1-3H3,(H,28,31). The van der Waals surface area contributed by atoms with E-state index in [1.807, 2.05) is 13.8 Å². The Morgan fingerprint density at radius 3 is 2.52 bits per heavy atom. The zero-order valence-electron chi connectivity index (χ0n) is 18.0. The molecule has 8 nitrogen and oxygen atoms in total. The van der Waals surface area contributed by atoms with Crippen LogP contribution in [0.5, 0.6) is 5.75 Å². The van der Waals surface area contributed by atoms with Gasteiger partial charge in [-0.25, -0.2) is 14.5 Å². The second-order valence-electron chi connectivity index (χ2n) is 7.26. The molecule has 0 radical (unpaired) electrons. The number of benzene rings is 1. The third-order valence-electron chi connectivity index (χ3n) is 4.57. The molecule has 2 aromatic heterocycles. The molecule has 0 aliphatic rings. The van der Waals surface area contributed by atoms with E-state index in [1.54, 1.807) is 18.2 Å². The van der Waals surface area contributed by atoms with Crippen molar-refractivity contribution in [3.63, 3.8) is 0 Å². The fourth-order valence-electron chi connectivity index (χ4n) is 3.01. The molecule has 11 heteroatoms. The van der Waals surface area contributed by atoms with Crippen molar-refractivity contribution < 1.29 is 32.2 Å². The third kappa shape index (κ3) is 5.68. The van der Waals surface area contributed by atoms with Gasteiger partial charge in [0.05, 0.1) is 30.1 Å². The van der Waals surface area contributed by atoms with E-state index in [9.17, 15) is 22.8 Å². The molecule has 0 aliphatic heterocycles. The zero-order valence-corrected chi connectivity index (χ0v) is 18.0. The second-order valence-corrected chi connectivity index (χ2v) is 7.26. The summed E-state index contributed by atoms with van der Waals surface area (Å²) in [4.78, 5) is 28.0. The van der Waals surface area contributed by atoms with Crippen LogP contribution >= 0.6 is 0 Å².